The normalized spacial score (nSPS) is 30.5. The van der Waals surface area contributed by atoms with Crippen LogP contribution in [0, 0.1) is 5.92 Å². The highest BCUT2D eigenvalue weighted by molar-refractivity contribution is 6.17. The van der Waals surface area contributed by atoms with Crippen molar-refractivity contribution in [3.8, 4) is 0 Å². The topological polar surface area (TPSA) is 9.23 Å². The molecule has 0 radical (unpaired) electrons. The molecular weight excluding hydrogens is 172 g/mol. The smallest absolute Gasteiger partial charge is 0.0600 e. The van der Waals surface area contributed by atoms with E-state index in [1.165, 1.54) is 25.7 Å². The average Bonchev–Trinajstić information content (AvgIpc) is 2.09. The number of hydrogen-bond acceptors (Lipinski definition) is 1. The van der Waals surface area contributed by atoms with Crippen LogP contribution in [-0.2, 0) is 4.74 Å². The molecule has 1 nitrogen and oxygen atoms in total. The van der Waals surface area contributed by atoms with Gasteiger partial charge in [0.1, 0.15) is 0 Å². The predicted octanol–water partition coefficient (Wildman–Crippen LogP) is 3.21. The second-order valence-corrected chi connectivity index (χ2v) is 4.09. The van der Waals surface area contributed by atoms with Crippen LogP contribution in [0.1, 0.15) is 39.0 Å². The molecule has 0 saturated heterocycles. The van der Waals surface area contributed by atoms with E-state index < -0.39 is 0 Å². The fourth-order valence-electron chi connectivity index (χ4n) is 1.82. The van der Waals surface area contributed by atoms with Gasteiger partial charge >= 0.3 is 0 Å². The SMILES string of the molecule is CC1CCCCC1OCCCCl. The second kappa shape index (κ2) is 5.82. The Hall–Kier alpha value is 0.250. The molecule has 1 aliphatic carbocycles. The summed E-state index contributed by atoms with van der Waals surface area (Å²) < 4.78 is 5.75. The first kappa shape index (κ1) is 10.3. The van der Waals surface area contributed by atoms with E-state index in [1.807, 2.05) is 0 Å². The Labute approximate surface area is 80.4 Å². The number of hydrogen-bond donors (Lipinski definition) is 0. The van der Waals surface area contributed by atoms with Crippen molar-refractivity contribution in [2.75, 3.05) is 12.5 Å². The summed E-state index contributed by atoms with van der Waals surface area (Å²) in [5, 5.41) is 0. The van der Waals surface area contributed by atoms with Gasteiger partial charge in [-0.25, -0.2) is 0 Å². The summed E-state index contributed by atoms with van der Waals surface area (Å²) in [4.78, 5) is 0. The molecule has 0 aliphatic heterocycles. The lowest BCUT2D eigenvalue weighted by Gasteiger charge is -2.28. The van der Waals surface area contributed by atoms with Gasteiger partial charge in [0, 0.05) is 12.5 Å². The van der Waals surface area contributed by atoms with E-state index in [0.717, 1.165) is 24.8 Å². The second-order valence-electron chi connectivity index (χ2n) is 3.71. The van der Waals surface area contributed by atoms with Crippen LogP contribution < -0.4 is 0 Å². The molecule has 2 heteroatoms. The third kappa shape index (κ3) is 3.32. The summed E-state index contributed by atoms with van der Waals surface area (Å²) >= 11 is 5.58. The third-order valence-corrected chi connectivity index (χ3v) is 2.91. The standard InChI is InChI=1S/C10H19ClO/c1-9-5-2-3-6-10(9)12-8-4-7-11/h9-10H,2-8H2,1H3. The fourth-order valence-corrected chi connectivity index (χ4v) is 1.93. The Morgan fingerprint density at radius 1 is 1.33 bits per heavy atom. The Bertz CT molecular complexity index is 116. The maximum atomic E-state index is 5.75. The minimum absolute atomic E-state index is 0.516. The van der Waals surface area contributed by atoms with Crippen LogP contribution in [0.5, 0.6) is 0 Å². The van der Waals surface area contributed by atoms with Crippen LogP contribution >= 0.6 is 11.6 Å². The van der Waals surface area contributed by atoms with Gasteiger partial charge in [-0.2, -0.15) is 0 Å². The molecule has 0 aromatic heterocycles. The van der Waals surface area contributed by atoms with Gasteiger partial charge in [-0.05, 0) is 25.2 Å². The van der Waals surface area contributed by atoms with Crippen LogP contribution in [0.2, 0.25) is 0 Å². The number of ether oxygens (including phenoxy) is 1. The molecule has 0 N–H and O–H groups in total. The highest BCUT2D eigenvalue weighted by Gasteiger charge is 2.21. The maximum Gasteiger partial charge on any atom is 0.0600 e. The fraction of sp³-hybridized carbons (Fsp3) is 1.00. The van der Waals surface area contributed by atoms with E-state index in [2.05, 4.69) is 6.92 Å². The summed E-state index contributed by atoms with van der Waals surface area (Å²) in [7, 11) is 0. The first-order valence-electron chi connectivity index (χ1n) is 5.02. The van der Waals surface area contributed by atoms with Crippen LogP contribution in [0.25, 0.3) is 0 Å². The van der Waals surface area contributed by atoms with E-state index >= 15 is 0 Å². The lowest BCUT2D eigenvalue weighted by molar-refractivity contribution is -0.00425. The van der Waals surface area contributed by atoms with E-state index in [0.29, 0.717) is 6.10 Å². The molecule has 1 fully saturated rings. The molecule has 1 rings (SSSR count). The van der Waals surface area contributed by atoms with E-state index in [-0.39, 0.29) is 0 Å². The largest absolute Gasteiger partial charge is 0.378 e. The molecule has 0 bridgehead atoms. The van der Waals surface area contributed by atoms with Gasteiger partial charge in [0.25, 0.3) is 0 Å². The summed E-state index contributed by atoms with van der Waals surface area (Å²) in [6.07, 6.45) is 6.83. The van der Waals surface area contributed by atoms with Crippen LogP contribution in [-0.4, -0.2) is 18.6 Å². The minimum atomic E-state index is 0.516. The predicted molar refractivity (Wildman–Crippen MR) is 52.7 cm³/mol. The Balaban J connectivity index is 2.11. The molecular formula is C10H19ClO. The van der Waals surface area contributed by atoms with E-state index in [9.17, 15) is 0 Å². The minimum Gasteiger partial charge on any atom is -0.378 e. The molecule has 0 spiro atoms. The summed E-state index contributed by atoms with van der Waals surface area (Å²) in [6, 6.07) is 0. The van der Waals surface area contributed by atoms with Crippen molar-refractivity contribution in [2.45, 2.75) is 45.1 Å². The zero-order valence-electron chi connectivity index (χ0n) is 7.89. The van der Waals surface area contributed by atoms with Crippen molar-refractivity contribution in [2.24, 2.45) is 5.92 Å². The summed E-state index contributed by atoms with van der Waals surface area (Å²) in [5.41, 5.74) is 0. The lowest BCUT2D eigenvalue weighted by Crippen LogP contribution is -2.25. The maximum absolute atomic E-state index is 5.75. The van der Waals surface area contributed by atoms with Gasteiger partial charge < -0.3 is 4.74 Å². The number of halogens is 1. The lowest BCUT2D eigenvalue weighted by atomic mass is 9.88. The molecule has 72 valence electrons. The highest BCUT2D eigenvalue weighted by atomic mass is 35.5. The third-order valence-electron chi connectivity index (χ3n) is 2.64. The van der Waals surface area contributed by atoms with Crippen LogP contribution in [0.3, 0.4) is 0 Å². The average molecular weight is 191 g/mol. The van der Waals surface area contributed by atoms with Crippen molar-refractivity contribution in [1.29, 1.82) is 0 Å². The first-order valence-corrected chi connectivity index (χ1v) is 5.55. The Kier molecular flexibility index (Phi) is 5.01. The number of rotatable bonds is 4. The van der Waals surface area contributed by atoms with Gasteiger partial charge in [-0.15, -0.1) is 11.6 Å². The van der Waals surface area contributed by atoms with Gasteiger partial charge in [0.15, 0.2) is 0 Å². The van der Waals surface area contributed by atoms with Gasteiger partial charge in [-0.3, -0.25) is 0 Å². The molecule has 1 aliphatic rings. The molecule has 0 heterocycles. The molecule has 1 saturated carbocycles. The first-order chi connectivity index (χ1) is 5.84. The van der Waals surface area contributed by atoms with Crippen molar-refractivity contribution < 1.29 is 4.74 Å². The quantitative estimate of drug-likeness (QED) is 0.489. The summed E-state index contributed by atoms with van der Waals surface area (Å²) in [6.45, 7) is 3.14. The molecule has 0 amide bonds. The molecule has 0 aromatic carbocycles. The van der Waals surface area contributed by atoms with E-state index in [4.69, 9.17) is 16.3 Å². The van der Waals surface area contributed by atoms with Crippen molar-refractivity contribution >= 4 is 11.6 Å². The number of alkyl halides is 1. The molecule has 0 aromatic rings. The van der Waals surface area contributed by atoms with Crippen molar-refractivity contribution in [1.82, 2.24) is 0 Å². The highest BCUT2D eigenvalue weighted by Crippen LogP contribution is 2.26. The summed E-state index contributed by atoms with van der Waals surface area (Å²) in [5.74, 6) is 1.48. The zero-order chi connectivity index (χ0) is 8.81. The Morgan fingerprint density at radius 3 is 2.75 bits per heavy atom. The van der Waals surface area contributed by atoms with Gasteiger partial charge in [0.2, 0.25) is 0 Å². The Morgan fingerprint density at radius 2 is 2.08 bits per heavy atom. The monoisotopic (exact) mass is 190 g/mol. The zero-order valence-corrected chi connectivity index (χ0v) is 8.65. The van der Waals surface area contributed by atoms with Gasteiger partial charge in [-0.1, -0.05) is 19.8 Å². The van der Waals surface area contributed by atoms with Crippen LogP contribution in [0.4, 0.5) is 0 Å². The van der Waals surface area contributed by atoms with Crippen molar-refractivity contribution in [3.63, 3.8) is 0 Å². The van der Waals surface area contributed by atoms with E-state index in [1.54, 1.807) is 0 Å². The molecule has 2 unspecified atom stereocenters. The van der Waals surface area contributed by atoms with Crippen LogP contribution in [0.15, 0.2) is 0 Å². The van der Waals surface area contributed by atoms with Gasteiger partial charge in [0.05, 0.1) is 6.10 Å². The van der Waals surface area contributed by atoms with Crippen molar-refractivity contribution in [3.05, 3.63) is 0 Å². The molecule has 2 atom stereocenters. The molecule has 12 heavy (non-hydrogen) atoms.